The van der Waals surface area contributed by atoms with E-state index < -0.39 is 0 Å². The minimum Gasteiger partial charge on any atom is -0.370 e. The van der Waals surface area contributed by atoms with Crippen LogP contribution in [0.1, 0.15) is 23.8 Å². The quantitative estimate of drug-likeness (QED) is 0.876. The highest BCUT2D eigenvalue weighted by Crippen LogP contribution is 2.25. The number of aromatic nitrogens is 2. The Hall–Kier alpha value is -1.85. The van der Waals surface area contributed by atoms with E-state index in [2.05, 4.69) is 20.6 Å². The molecule has 0 aliphatic carbocycles. The number of nitrogens with one attached hydrogen (secondary N) is 2. The molecule has 2 N–H and O–H groups in total. The van der Waals surface area contributed by atoms with Crippen molar-refractivity contribution in [2.24, 2.45) is 0 Å². The number of halogens is 2. The highest BCUT2D eigenvalue weighted by Gasteiger charge is 2.11. The van der Waals surface area contributed by atoms with Crippen LogP contribution in [0.2, 0.25) is 10.0 Å². The largest absolute Gasteiger partial charge is 0.370 e. The minimum absolute atomic E-state index is 0.250. The fraction of sp³-hybridized carbons (Fsp3) is 0.214. The van der Waals surface area contributed by atoms with Crippen LogP contribution in [0.15, 0.2) is 30.6 Å². The molecule has 0 fully saturated rings. The molecule has 0 bridgehead atoms. The zero-order chi connectivity index (χ0) is 15.2. The summed E-state index contributed by atoms with van der Waals surface area (Å²) in [5.74, 6) is 0.232. The summed E-state index contributed by atoms with van der Waals surface area (Å²) in [4.78, 5) is 20.2. The van der Waals surface area contributed by atoms with Crippen molar-refractivity contribution in [1.29, 1.82) is 0 Å². The van der Waals surface area contributed by atoms with Crippen molar-refractivity contribution < 1.29 is 4.79 Å². The molecule has 1 heterocycles. The van der Waals surface area contributed by atoms with E-state index in [4.69, 9.17) is 23.2 Å². The molecule has 1 amide bonds. The number of nitrogens with zero attached hydrogens (tertiary/aromatic N) is 2. The van der Waals surface area contributed by atoms with Crippen LogP contribution >= 0.6 is 23.2 Å². The van der Waals surface area contributed by atoms with E-state index >= 15 is 0 Å². The molecule has 0 unspecified atom stereocenters. The second kappa shape index (κ2) is 7.24. The Balaban J connectivity index is 2.14. The summed E-state index contributed by atoms with van der Waals surface area (Å²) in [7, 11) is 0. The van der Waals surface area contributed by atoms with Crippen LogP contribution in [0, 0.1) is 0 Å². The van der Waals surface area contributed by atoms with Crippen LogP contribution in [0.4, 0.5) is 11.5 Å². The third kappa shape index (κ3) is 4.31. The van der Waals surface area contributed by atoms with Gasteiger partial charge in [-0.25, -0.2) is 9.97 Å². The molecule has 0 radical (unpaired) electrons. The lowest BCUT2D eigenvalue weighted by atomic mass is 10.3. The van der Waals surface area contributed by atoms with Gasteiger partial charge < -0.3 is 10.6 Å². The van der Waals surface area contributed by atoms with Gasteiger partial charge >= 0.3 is 0 Å². The first-order valence-electron chi connectivity index (χ1n) is 6.42. The van der Waals surface area contributed by atoms with Crippen molar-refractivity contribution in [2.45, 2.75) is 13.3 Å². The number of hydrogen-bond acceptors (Lipinski definition) is 4. The molecular weight excluding hydrogens is 311 g/mol. The molecule has 5 nitrogen and oxygen atoms in total. The van der Waals surface area contributed by atoms with Gasteiger partial charge in [-0.15, -0.1) is 0 Å². The van der Waals surface area contributed by atoms with Gasteiger partial charge in [0.25, 0.3) is 5.91 Å². The number of carbonyl (C=O) groups excluding carboxylic acids is 1. The van der Waals surface area contributed by atoms with E-state index in [1.54, 1.807) is 24.3 Å². The second-order valence-electron chi connectivity index (χ2n) is 4.29. The Morgan fingerprint density at radius 1 is 1.24 bits per heavy atom. The number of carbonyl (C=O) groups is 1. The van der Waals surface area contributed by atoms with Crippen molar-refractivity contribution in [3.63, 3.8) is 0 Å². The van der Waals surface area contributed by atoms with E-state index in [9.17, 15) is 4.79 Å². The number of benzene rings is 1. The number of rotatable bonds is 5. The smallest absolute Gasteiger partial charge is 0.274 e. The van der Waals surface area contributed by atoms with Crippen molar-refractivity contribution in [1.82, 2.24) is 9.97 Å². The molecule has 2 rings (SSSR count). The minimum atomic E-state index is -0.374. The average molecular weight is 325 g/mol. The second-order valence-corrected chi connectivity index (χ2v) is 5.14. The van der Waals surface area contributed by atoms with Gasteiger partial charge in [0.1, 0.15) is 17.8 Å². The van der Waals surface area contributed by atoms with E-state index in [1.807, 2.05) is 6.92 Å². The van der Waals surface area contributed by atoms with Crippen LogP contribution in [-0.4, -0.2) is 22.4 Å². The first kappa shape index (κ1) is 15.5. The van der Waals surface area contributed by atoms with Crippen LogP contribution in [0.5, 0.6) is 0 Å². The summed E-state index contributed by atoms with van der Waals surface area (Å²) in [5, 5.41) is 6.67. The third-order valence-electron chi connectivity index (χ3n) is 2.63. The topological polar surface area (TPSA) is 66.9 Å². The Bertz CT molecular complexity index is 649. The van der Waals surface area contributed by atoms with Crippen LogP contribution in [-0.2, 0) is 0 Å². The first-order valence-corrected chi connectivity index (χ1v) is 7.18. The summed E-state index contributed by atoms with van der Waals surface area (Å²) in [6.45, 7) is 2.82. The molecule has 0 aliphatic rings. The molecule has 0 atom stereocenters. The molecule has 7 heteroatoms. The van der Waals surface area contributed by atoms with Gasteiger partial charge in [0.15, 0.2) is 0 Å². The predicted molar refractivity (Wildman–Crippen MR) is 85.2 cm³/mol. The molecule has 110 valence electrons. The molecule has 0 saturated carbocycles. The summed E-state index contributed by atoms with van der Waals surface area (Å²) < 4.78 is 0. The SMILES string of the molecule is CCCNc1cc(C(=O)Nc2cc(Cl)ccc2Cl)ncn1. The summed E-state index contributed by atoms with van der Waals surface area (Å²) in [6.07, 6.45) is 2.30. The summed E-state index contributed by atoms with van der Waals surface area (Å²) >= 11 is 11.9. The fourth-order valence-corrected chi connectivity index (χ4v) is 1.95. The van der Waals surface area contributed by atoms with E-state index in [1.165, 1.54) is 6.33 Å². The van der Waals surface area contributed by atoms with Crippen LogP contribution < -0.4 is 10.6 Å². The molecule has 0 spiro atoms. The van der Waals surface area contributed by atoms with Gasteiger partial charge in [-0.2, -0.15) is 0 Å². The Morgan fingerprint density at radius 3 is 2.81 bits per heavy atom. The van der Waals surface area contributed by atoms with Crippen molar-refractivity contribution in [3.05, 3.63) is 46.3 Å². The molecule has 0 aliphatic heterocycles. The lowest BCUT2D eigenvalue weighted by Crippen LogP contribution is -2.15. The molecule has 0 saturated heterocycles. The van der Waals surface area contributed by atoms with Gasteiger partial charge in [0, 0.05) is 17.6 Å². The molecule has 1 aromatic heterocycles. The number of hydrogen-bond donors (Lipinski definition) is 2. The van der Waals surface area contributed by atoms with Crippen molar-refractivity contribution in [2.75, 3.05) is 17.2 Å². The average Bonchev–Trinajstić information content (AvgIpc) is 2.49. The molecule has 1 aromatic carbocycles. The van der Waals surface area contributed by atoms with Crippen LogP contribution in [0.25, 0.3) is 0 Å². The van der Waals surface area contributed by atoms with Crippen molar-refractivity contribution in [3.8, 4) is 0 Å². The van der Waals surface area contributed by atoms with E-state index in [0.29, 0.717) is 21.6 Å². The molecule has 2 aromatic rings. The van der Waals surface area contributed by atoms with E-state index in [-0.39, 0.29) is 11.6 Å². The van der Waals surface area contributed by atoms with Crippen molar-refractivity contribution >= 4 is 40.6 Å². The Kier molecular flexibility index (Phi) is 5.36. The standard InChI is InChI=1S/C14H14Cl2N4O/c1-2-5-17-13-7-12(18-8-19-13)14(21)20-11-6-9(15)3-4-10(11)16/h3-4,6-8H,2,5H2,1H3,(H,20,21)(H,17,18,19). The lowest BCUT2D eigenvalue weighted by Gasteiger charge is -2.08. The lowest BCUT2D eigenvalue weighted by molar-refractivity contribution is 0.102. The Morgan fingerprint density at radius 2 is 2.05 bits per heavy atom. The monoisotopic (exact) mass is 324 g/mol. The van der Waals surface area contributed by atoms with Gasteiger partial charge in [-0.05, 0) is 24.6 Å². The number of anilines is 2. The predicted octanol–water partition coefficient (Wildman–Crippen LogP) is 3.86. The van der Waals surface area contributed by atoms with E-state index in [0.717, 1.165) is 13.0 Å². The normalized spacial score (nSPS) is 10.2. The zero-order valence-corrected chi connectivity index (χ0v) is 12.9. The summed E-state index contributed by atoms with van der Waals surface area (Å²) in [5.41, 5.74) is 0.690. The summed E-state index contributed by atoms with van der Waals surface area (Å²) in [6, 6.07) is 6.44. The van der Waals surface area contributed by atoms with Gasteiger partial charge in [0.05, 0.1) is 10.7 Å². The fourth-order valence-electron chi connectivity index (χ4n) is 1.61. The van der Waals surface area contributed by atoms with Gasteiger partial charge in [0.2, 0.25) is 0 Å². The highest BCUT2D eigenvalue weighted by molar-refractivity contribution is 6.35. The third-order valence-corrected chi connectivity index (χ3v) is 3.20. The maximum absolute atomic E-state index is 12.2. The molecular formula is C14H14Cl2N4O. The maximum Gasteiger partial charge on any atom is 0.274 e. The van der Waals surface area contributed by atoms with Crippen LogP contribution in [0.3, 0.4) is 0 Å². The Labute approximate surface area is 132 Å². The first-order chi connectivity index (χ1) is 10.1. The number of amides is 1. The highest BCUT2D eigenvalue weighted by atomic mass is 35.5. The van der Waals surface area contributed by atoms with Gasteiger partial charge in [-0.3, -0.25) is 4.79 Å². The zero-order valence-electron chi connectivity index (χ0n) is 11.4. The molecule has 21 heavy (non-hydrogen) atoms. The maximum atomic E-state index is 12.2. The van der Waals surface area contributed by atoms with Gasteiger partial charge in [-0.1, -0.05) is 30.1 Å².